The fourth-order valence-corrected chi connectivity index (χ4v) is 1.97. The maximum absolute atomic E-state index is 6.05. The van der Waals surface area contributed by atoms with E-state index in [1.54, 1.807) is 6.20 Å². The van der Waals surface area contributed by atoms with E-state index >= 15 is 0 Å². The topological polar surface area (TPSA) is 34.1 Å². The number of aromatic nitrogens is 1. The van der Waals surface area contributed by atoms with E-state index in [0.29, 0.717) is 5.02 Å². The molecule has 1 aromatic carbocycles. The molecule has 0 spiro atoms. The van der Waals surface area contributed by atoms with Gasteiger partial charge >= 0.3 is 0 Å². The lowest BCUT2D eigenvalue weighted by atomic mass is 10.2. The number of pyridine rings is 1. The van der Waals surface area contributed by atoms with Crippen LogP contribution in [0.4, 0.5) is 0 Å². The highest BCUT2D eigenvalue weighted by molar-refractivity contribution is 6.30. The van der Waals surface area contributed by atoms with Gasteiger partial charge in [0, 0.05) is 22.8 Å². The molecule has 1 aromatic heterocycles. The number of nitrogens with one attached hydrogen (secondary N) is 1. The van der Waals surface area contributed by atoms with Gasteiger partial charge in [-0.25, -0.2) is 0 Å². The molecule has 0 fully saturated rings. The van der Waals surface area contributed by atoms with Crippen molar-refractivity contribution >= 4 is 11.6 Å². The van der Waals surface area contributed by atoms with Crippen LogP contribution in [0.2, 0.25) is 5.02 Å². The SMILES string of the molecule is CCCNCc1ccc(Cl)cc1Oc1ccc(C)nc1. The Hall–Kier alpha value is -1.58. The first-order valence-corrected chi connectivity index (χ1v) is 7.16. The van der Waals surface area contributed by atoms with E-state index in [1.165, 1.54) is 0 Å². The third-order valence-corrected chi connectivity index (χ3v) is 3.12. The number of halogens is 1. The summed E-state index contributed by atoms with van der Waals surface area (Å²) in [6.45, 7) is 5.83. The quantitative estimate of drug-likeness (QED) is 0.804. The second-order valence-corrected chi connectivity index (χ2v) is 5.10. The Kier molecular flexibility index (Phi) is 5.39. The highest BCUT2D eigenvalue weighted by Crippen LogP contribution is 2.28. The summed E-state index contributed by atoms with van der Waals surface area (Å²) in [5.41, 5.74) is 2.05. The van der Waals surface area contributed by atoms with E-state index in [-0.39, 0.29) is 0 Å². The molecule has 0 radical (unpaired) electrons. The summed E-state index contributed by atoms with van der Waals surface area (Å²) >= 11 is 6.05. The van der Waals surface area contributed by atoms with Gasteiger partial charge in [-0.3, -0.25) is 4.98 Å². The Morgan fingerprint density at radius 3 is 2.80 bits per heavy atom. The predicted molar refractivity (Wildman–Crippen MR) is 82.5 cm³/mol. The summed E-state index contributed by atoms with van der Waals surface area (Å²) in [5.74, 6) is 1.49. The zero-order chi connectivity index (χ0) is 14.4. The lowest BCUT2D eigenvalue weighted by Crippen LogP contribution is -2.14. The van der Waals surface area contributed by atoms with E-state index in [4.69, 9.17) is 16.3 Å². The van der Waals surface area contributed by atoms with Gasteiger partial charge in [-0.2, -0.15) is 0 Å². The number of ether oxygens (including phenoxy) is 1. The molecule has 0 amide bonds. The lowest BCUT2D eigenvalue weighted by molar-refractivity contribution is 0.470. The van der Waals surface area contributed by atoms with Crippen LogP contribution < -0.4 is 10.1 Å². The first-order valence-electron chi connectivity index (χ1n) is 6.78. The van der Waals surface area contributed by atoms with Crippen molar-refractivity contribution < 1.29 is 4.74 Å². The zero-order valence-electron chi connectivity index (χ0n) is 11.8. The number of hydrogen-bond donors (Lipinski definition) is 1. The highest BCUT2D eigenvalue weighted by Gasteiger charge is 2.06. The molecule has 0 bridgehead atoms. The molecule has 0 saturated heterocycles. The molecule has 0 aliphatic heterocycles. The van der Waals surface area contributed by atoms with Crippen molar-refractivity contribution in [3.8, 4) is 11.5 Å². The lowest BCUT2D eigenvalue weighted by Gasteiger charge is -2.12. The highest BCUT2D eigenvalue weighted by atomic mass is 35.5. The van der Waals surface area contributed by atoms with E-state index in [2.05, 4.69) is 17.2 Å². The maximum atomic E-state index is 6.05. The summed E-state index contributed by atoms with van der Waals surface area (Å²) in [5, 5.41) is 4.03. The third kappa shape index (κ3) is 4.22. The van der Waals surface area contributed by atoms with Crippen LogP contribution in [0.3, 0.4) is 0 Å². The number of hydrogen-bond acceptors (Lipinski definition) is 3. The number of benzene rings is 1. The molecule has 0 unspecified atom stereocenters. The molecule has 2 rings (SSSR count). The van der Waals surface area contributed by atoms with Gasteiger partial charge in [0.05, 0.1) is 6.20 Å². The standard InChI is InChI=1S/C16H19ClN2O/c1-3-8-18-10-13-5-6-14(17)9-16(13)20-15-7-4-12(2)19-11-15/h4-7,9,11,18H,3,8,10H2,1-2H3. The van der Waals surface area contributed by atoms with E-state index in [9.17, 15) is 0 Å². The minimum atomic E-state index is 0.666. The summed E-state index contributed by atoms with van der Waals surface area (Å²) in [6.07, 6.45) is 2.82. The fourth-order valence-electron chi connectivity index (χ4n) is 1.81. The minimum Gasteiger partial charge on any atom is -0.455 e. The summed E-state index contributed by atoms with van der Waals surface area (Å²) < 4.78 is 5.89. The Balaban J connectivity index is 2.15. The molecule has 2 aromatic rings. The molecule has 0 aliphatic carbocycles. The van der Waals surface area contributed by atoms with E-state index < -0.39 is 0 Å². The molecule has 3 nitrogen and oxygen atoms in total. The molecule has 20 heavy (non-hydrogen) atoms. The molecule has 4 heteroatoms. The van der Waals surface area contributed by atoms with Crippen LogP contribution in [0, 0.1) is 6.92 Å². The van der Waals surface area contributed by atoms with Gasteiger partial charge in [-0.15, -0.1) is 0 Å². The van der Waals surface area contributed by atoms with Crippen molar-refractivity contribution in [2.45, 2.75) is 26.8 Å². The van der Waals surface area contributed by atoms with E-state index in [1.807, 2.05) is 37.3 Å². The molecule has 1 heterocycles. The van der Waals surface area contributed by atoms with Crippen molar-refractivity contribution in [1.29, 1.82) is 0 Å². The van der Waals surface area contributed by atoms with Gasteiger partial charge in [0.15, 0.2) is 0 Å². The van der Waals surface area contributed by atoms with Crippen molar-refractivity contribution in [2.75, 3.05) is 6.54 Å². The van der Waals surface area contributed by atoms with Crippen LogP contribution in [0.15, 0.2) is 36.5 Å². The molecule has 0 saturated carbocycles. The second kappa shape index (κ2) is 7.27. The van der Waals surface area contributed by atoms with Gasteiger partial charge < -0.3 is 10.1 Å². The zero-order valence-corrected chi connectivity index (χ0v) is 12.6. The number of aryl methyl sites for hydroxylation is 1. The largest absolute Gasteiger partial charge is 0.455 e. The average Bonchev–Trinajstić information content (AvgIpc) is 2.44. The van der Waals surface area contributed by atoms with Crippen LogP contribution in [-0.4, -0.2) is 11.5 Å². The molecular weight excluding hydrogens is 272 g/mol. The van der Waals surface area contributed by atoms with Crippen LogP contribution in [0.25, 0.3) is 0 Å². The van der Waals surface area contributed by atoms with Crippen molar-refractivity contribution in [2.24, 2.45) is 0 Å². The van der Waals surface area contributed by atoms with Gasteiger partial charge in [0.25, 0.3) is 0 Å². The molecule has 106 valence electrons. The second-order valence-electron chi connectivity index (χ2n) is 4.67. The number of rotatable bonds is 6. The van der Waals surface area contributed by atoms with Gasteiger partial charge in [-0.05, 0) is 44.2 Å². The van der Waals surface area contributed by atoms with Crippen LogP contribution in [-0.2, 0) is 6.54 Å². The Morgan fingerprint density at radius 2 is 2.10 bits per heavy atom. The minimum absolute atomic E-state index is 0.666. The Bertz CT molecular complexity index is 555. The van der Waals surface area contributed by atoms with Crippen molar-refractivity contribution in [1.82, 2.24) is 10.3 Å². The summed E-state index contributed by atoms with van der Waals surface area (Å²) in [4.78, 5) is 4.23. The molecule has 1 N–H and O–H groups in total. The normalized spacial score (nSPS) is 10.6. The van der Waals surface area contributed by atoms with E-state index in [0.717, 1.165) is 42.3 Å². The number of nitrogens with zero attached hydrogens (tertiary/aromatic N) is 1. The fraction of sp³-hybridized carbons (Fsp3) is 0.312. The maximum Gasteiger partial charge on any atom is 0.145 e. The van der Waals surface area contributed by atoms with Crippen LogP contribution in [0.1, 0.15) is 24.6 Å². The molecule has 0 atom stereocenters. The van der Waals surface area contributed by atoms with Crippen molar-refractivity contribution in [3.63, 3.8) is 0 Å². The third-order valence-electron chi connectivity index (χ3n) is 2.88. The Labute approximate surface area is 124 Å². The first kappa shape index (κ1) is 14.8. The van der Waals surface area contributed by atoms with Gasteiger partial charge in [-0.1, -0.05) is 24.6 Å². The summed E-state index contributed by atoms with van der Waals surface area (Å²) in [6, 6.07) is 9.54. The molecule has 0 aliphatic rings. The van der Waals surface area contributed by atoms with Gasteiger partial charge in [0.2, 0.25) is 0 Å². The predicted octanol–water partition coefficient (Wildman–Crippen LogP) is 4.34. The Morgan fingerprint density at radius 1 is 1.25 bits per heavy atom. The monoisotopic (exact) mass is 290 g/mol. The molecular formula is C16H19ClN2O. The van der Waals surface area contributed by atoms with Crippen LogP contribution >= 0.6 is 11.6 Å². The first-order chi connectivity index (χ1) is 9.69. The van der Waals surface area contributed by atoms with Gasteiger partial charge in [0.1, 0.15) is 11.5 Å². The summed E-state index contributed by atoms with van der Waals surface area (Å²) in [7, 11) is 0. The van der Waals surface area contributed by atoms with Crippen molar-refractivity contribution in [3.05, 3.63) is 52.8 Å². The average molecular weight is 291 g/mol. The smallest absolute Gasteiger partial charge is 0.145 e. The van der Waals surface area contributed by atoms with Crippen LogP contribution in [0.5, 0.6) is 11.5 Å².